The summed E-state index contributed by atoms with van der Waals surface area (Å²) in [7, 11) is 0. The maximum atomic E-state index is 6.25. The Morgan fingerprint density at radius 3 is 2.76 bits per heavy atom. The molecule has 2 heteroatoms. The third-order valence-corrected chi connectivity index (χ3v) is 5.09. The number of hydrogen-bond donors (Lipinski definition) is 1. The molecule has 21 heavy (non-hydrogen) atoms. The quantitative estimate of drug-likeness (QED) is 0.841. The van der Waals surface area contributed by atoms with Crippen LogP contribution in [0.1, 0.15) is 57.4 Å². The first-order chi connectivity index (χ1) is 10.4. The van der Waals surface area contributed by atoms with Crippen molar-refractivity contribution in [1.29, 1.82) is 0 Å². The van der Waals surface area contributed by atoms with Gasteiger partial charge in [-0.1, -0.05) is 57.2 Å². The van der Waals surface area contributed by atoms with Gasteiger partial charge in [0.05, 0.1) is 0 Å². The number of benzene rings is 1. The topological polar surface area (TPSA) is 21.3 Å². The Morgan fingerprint density at radius 1 is 1.19 bits per heavy atom. The molecule has 1 aliphatic heterocycles. The standard InChI is InChI=1S/C19H29NO/c1-2-12-20-17(13-15-8-4-3-5-9-15)19-14-16-10-6-7-11-18(16)21-19/h6-7,10-11,15,17,19-20H,2-5,8-9,12-14H2,1H3. The first kappa shape index (κ1) is 14.9. The summed E-state index contributed by atoms with van der Waals surface area (Å²) in [4.78, 5) is 0. The van der Waals surface area contributed by atoms with Gasteiger partial charge in [0.25, 0.3) is 0 Å². The summed E-state index contributed by atoms with van der Waals surface area (Å²) in [6.45, 7) is 3.35. The van der Waals surface area contributed by atoms with Crippen molar-refractivity contribution in [3.8, 4) is 5.75 Å². The lowest BCUT2D eigenvalue weighted by atomic mass is 9.83. The molecular weight excluding hydrogens is 258 g/mol. The fourth-order valence-corrected chi connectivity index (χ4v) is 3.91. The number of fused-ring (bicyclic) bond motifs is 1. The summed E-state index contributed by atoms with van der Waals surface area (Å²) in [6.07, 6.45) is 11.0. The normalized spacial score (nSPS) is 23.6. The van der Waals surface area contributed by atoms with Crippen molar-refractivity contribution >= 4 is 0 Å². The van der Waals surface area contributed by atoms with Crippen molar-refractivity contribution in [2.45, 2.75) is 70.4 Å². The van der Waals surface area contributed by atoms with Crippen LogP contribution in [0.15, 0.2) is 24.3 Å². The van der Waals surface area contributed by atoms with E-state index >= 15 is 0 Å². The number of nitrogens with one attached hydrogen (secondary N) is 1. The molecule has 1 saturated carbocycles. The zero-order valence-electron chi connectivity index (χ0n) is 13.3. The van der Waals surface area contributed by atoms with Crippen LogP contribution in [-0.4, -0.2) is 18.7 Å². The van der Waals surface area contributed by atoms with Gasteiger partial charge in [-0.3, -0.25) is 0 Å². The second-order valence-electron chi connectivity index (χ2n) is 6.77. The van der Waals surface area contributed by atoms with E-state index in [1.807, 2.05) is 0 Å². The molecule has 1 N–H and O–H groups in total. The Morgan fingerprint density at radius 2 is 2.00 bits per heavy atom. The lowest BCUT2D eigenvalue weighted by Gasteiger charge is -2.30. The monoisotopic (exact) mass is 287 g/mol. The van der Waals surface area contributed by atoms with Gasteiger partial charge < -0.3 is 10.1 Å². The largest absolute Gasteiger partial charge is 0.488 e. The van der Waals surface area contributed by atoms with E-state index in [-0.39, 0.29) is 0 Å². The van der Waals surface area contributed by atoms with Crippen molar-refractivity contribution in [2.75, 3.05) is 6.54 Å². The first-order valence-corrected chi connectivity index (χ1v) is 8.84. The van der Waals surface area contributed by atoms with Crippen LogP contribution < -0.4 is 10.1 Å². The van der Waals surface area contributed by atoms with E-state index in [1.165, 1.54) is 50.5 Å². The highest BCUT2D eigenvalue weighted by molar-refractivity contribution is 5.37. The van der Waals surface area contributed by atoms with Crippen LogP contribution in [0.4, 0.5) is 0 Å². The number of para-hydroxylation sites is 1. The zero-order chi connectivity index (χ0) is 14.5. The maximum absolute atomic E-state index is 6.25. The molecule has 0 bridgehead atoms. The Balaban J connectivity index is 1.62. The van der Waals surface area contributed by atoms with Gasteiger partial charge in [0, 0.05) is 12.5 Å². The van der Waals surface area contributed by atoms with Crippen molar-refractivity contribution in [1.82, 2.24) is 5.32 Å². The molecule has 1 aromatic rings. The van der Waals surface area contributed by atoms with Crippen molar-refractivity contribution in [3.63, 3.8) is 0 Å². The highest BCUT2D eigenvalue weighted by Gasteiger charge is 2.31. The minimum absolute atomic E-state index is 0.330. The molecule has 2 unspecified atom stereocenters. The highest BCUT2D eigenvalue weighted by Crippen LogP contribution is 2.33. The van der Waals surface area contributed by atoms with Crippen LogP contribution in [-0.2, 0) is 6.42 Å². The fraction of sp³-hybridized carbons (Fsp3) is 0.684. The molecule has 1 heterocycles. The number of ether oxygens (including phenoxy) is 1. The molecule has 0 radical (unpaired) electrons. The van der Waals surface area contributed by atoms with Crippen LogP contribution in [0, 0.1) is 5.92 Å². The van der Waals surface area contributed by atoms with Gasteiger partial charge in [0.15, 0.2) is 0 Å². The SMILES string of the molecule is CCCNC(CC1CCCCC1)C1Cc2ccccc2O1. The smallest absolute Gasteiger partial charge is 0.123 e. The van der Waals surface area contributed by atoms with Gasteiger partial charge in [-0.15, -0.1) is 0 Å². The van der Waals surface area contributed by atoms with Gasteiger partial charge in [-0.25, -0.2) is 0 Å². The maximum Gasteiger partial charge on any atom is 0.123 e. The van der Waals surface area contributed by atoms with E-state index in [0.29, 0.717) is 12.1 Å². The molecule has 1 aliphatic carbocycles. The molecule has 1 fully saturated rings. The molecule has 2 nitrogen and oxygen atoms in total. The van der Waals surface area contributed by atoms with E-state index in [4.69, 9.17) is 4.74 Å². The van der Waals surface area contributed by atoms with Gasteiger partial charge >= 0.3 is 0 Å². The molecule has 0 spiro atoms. The predicted octanol–water partition coefficient (Wildman–Crippen LogP) is 4.33. The Hall–Kier alpha value is -1.02. The average molecular weight is 287 g/mol. The van der Waals surface area contributed by atoms with Gasteiger partial charge in [-0.2, -0.15) is 0 Å². The van der Waals surface area contributed by atoms with Gasteiger partial charge in [0.2, 0.25) is 0 Å². The molecular formula is C19H29NO. The highest BCUT2D eigenvalue weighted by atomic mass is 16.5. The number of rotatable bonds is 6. The molecule has 3 rings (SSSR count). The summed E-state index contributed by atoms with van der Waals surface area (Å²) in [6, 6.07) is 9.05. The van der Waals surface area contributed by atoms with E-state index in [2.05, 4.69) is 36.5 Å². The minimum Gasteiger partial charge on any atom is -0.488 e. The summed E-state index contributed by atoms with van der Waals surface area (Å²) in [5, 5.41) is 3.77. The predicted molar refractivity (Wildman–Crippen MR) is 87.8 cm³/mol. The lowest BCUT2D eigenvalue weighted by molar-refractivity contribution is 0.151. The molecule has 0 amide bonds. The van der Waals surface area contributed by atoms with Crippen LogP contribution in [0.25, 0.3) is 0 Å². The van der Waals surface area contributed by atoms with Gasteiger partial charge in [0.1, 0.15) is 11.9 Å². The third-order valence-electron chi connectivity index (χ3n) is 5.09. The zero-order valence-corrected chi connectivity index (χ0v) is 13.3. The van der Waals surface area contributed by atoms with E-state index < -0.39 is 0 Å². The van der Waals surface area contributed by atoms with Crippen LogP contribution in [0.5, 0.6) is 5.75 Å². The minimum atomic E-state index is 0.330. The lowest BCUT2D eigenvalue weighted by Crippen LogP contribution is -2.44. The van der Waals surface area contributed by atoms with Crippen LogP contribution >= 0.6 is 0 Å². The second kappa shape index (κ2) is 7.31. The summed E-state index contributed by atoms with van der Waals surface area (Å²) < 4.78 is 6.25. The molecule has 2 atom stereocenters. The Kier molecular flexibility index (Phi) is 5.18. The molecule has 1 aromatic carbocycles. The Bertz CT molecular complexity index is 414. The van der Waals surface area contributed by atoms with Crippen LogP contribution in [0.3, 0.4) is 0 Å². The van der Waals surface area contributed by atoms with Crippen molar-refractivity contribution in [3.05, 3.63) is 29.8 Å². The Labute approximate surface area is 129 Å². The average Bonchev–Trinajstić information content (AvgIpc) is 2.96. The molecule has 0 saturated heterocycles. The number of hydrogen-bond acceptors (Lipinski definition) is 2. The van der Waals surface area contributed by atoms with E-state index in [9.17, 15) is 0 Å². The summed E-state index contributed by atoms with van der Waals surface area (Å²) in [5.74, 6) is 2.01. The molecule has 116 valence electrons. The van der Waals surface area contributed by atoms with E-state index in [0.717, 1.165) is 24.6 Å². The second-order valence-corrected chi connectivity index (χ2v) is 6.77. The van der Waals surface area contributed by atoms with Crippen molar-refractivity contribution in [2.24, 2.45) is 5.92 Å². The van der Waals surface area contributed by atoms with Crippen molar-refractivity contribution < 1.29 is 4.74 Å². The summed E-state index contributed by atoms with van der Waals surface area (Å²) >= 11 is 0. The first-order valence-electron chi connectivity index (χ1n) is 8.84. The summed E-state index contributed by atoms with van der Waals surface area (Å²) in [5.41, 5.74) is 1.38. The molecule has 2 aliphatic rings. The molecule has 0 aromatic heterocycles. The third kappa shape index (κ3) is 3.79. The fourth-order valence-electron chi connectivity index (χ4n) is 3.91. The van der Waals surface area contributed by atoms with Gasteiger partial charge in [-0.05, 0) is 36.9 Å². The van der Waals surface area contributed by atoms with E-state index in [1.54, 1.807) is 0 Å². The van der Waals surface area contributed by atoms with Crippen LogP contribution in [0.2, 0.25) is 0 Å².